The summed E-state index contributed by atoms with van der Waals surface area (Å²) >= 11 is 0. The number of amides is 1. The average Bonchev–Trinajstić information content (AvgIpc) is 3.56. The number of piperidine rings is 1. The highest BCUT2D eigenvalue weighted by Crippen LogP contribution is 2.36. The van der Waals surface area contributed by atoms with Gasteiger partial charge in [-0.15, -0.1) is 0 Å². The van der Waals surface area contributed by atoms with Gasteiger partial charge in [0.2, 0.25) is 0 Å². The zero-order valence-electron chi connectivity index (χ0n) is 22.4. The average molecular weight is 505 g/mol. The lowest BCUT2D eigenvalue weighted by atomic mass is 9.87. The minimum atomic E-state index is -0.149. The number of benzene rings is 1. The van der Waals surface area contributed by atoms with Crippen LogP contribution >= 0.6 is 0 Å². The van der Waals surface area contributed by atoms with Crippen LogP contribution in [0.25, 0.3) is 10.9 Å². The minimum Gasteiger partial charge on any atom is -0.348 e. The fourth-order valence-corrected chi connectivity index (χ4v) is 6.16. The molecule has 2 fully saturated rings. The van der Waals surface area contributed by atoms with Crippen LogP contribution in [0.4, 0.5) is 0 Å². The summed E-state index contributed by atoms with van der Waals surface area (Å²) in [5, 5.41) is 12.0. The summed E-state index contributed by atoms with van der Waals surface area (Å²) in [6.45, 7) is 8.20. The number of pyridine rings is 1. The molecule has 37 heavy (non-hydrogen) atoms. The van der Waals surface area contributed by atoms with Gasteiger partial charge in [-0.3, -0.25) is 14.3 Å². The number of rotatable bonds is 8. The summed E-state index contributed by atoms with van der Waals surface area (Å²) in [6, 6.07) is 6.72. The van der Waals surface area contributed by atoms with Crippen molar-refractivity contribution >= 4 is 16.8 Å². The largest absolute Gasteiger partial charge is 0.348 e. The molecule has 3 N–H and O–H groups in total. The number of hydrogen-bond donors (Lipinski definition) is 3. The van der Waals surface area contributed by atoms with Gasteiger partial charge in [0.05, 0.1) is 23.3 Å². The van der Waals surface area contributed by atoms with Gasteiger partial charge < -0.3 is 20.5 Å². The van der Waals surface area contributed by atoms with Gasteiger partial charge in [0.1, 0.15) is 0 Å². The van der Waals surface area contributed by atoms with Gasteiger partial charge in [0.25, 0.3) is 11.5 Å². The maximum atomic E-state index is 13.6. The summed E-state index contributed by atoms with van der Waals surface area (Å²) < 4.78 is 2.17. The lowest BCUT2D eigenvalue weighted by Gasteiger charge is -2.32. The number of nitrogens with zero attached hydrogens (tertiary/aromatic N) is 3. The van der Waals surface area contributed by atoms with Crippen molar-refractivity contribution in [1.82, 2.24) is 30.3 Å². The Labute approximate surface area is 218 Å². The second kappa shape index (κ2) is 11.2. The molecule has 0 unspecified atom stereocenters. The van der Waals surface area contributed by atoms with Crippen LogP contribution in [0.3, 0.4) is 0 Å². The molecular formula is C29H40N6O2. The zero-order valence-corrected chi connectivity index (χ0v) is 22.4. The predicted octanol–water partition coefficient (Wildman–Crippen LogP) is 3.79. The third kappa shape index (κ3) is 5.50. The quantitative estimate of drug-likeness (QED) is 0.434. The number of aromatic amines is 1. The number of nitrogens with one attached hydrogen (secondary N) is 3. The van der Waals surface area contributed by atoms with Crippen molar-refractivity contribution in [2.24, 2.45) is 0 Å². The van der Waals surface area contributed by atoms with E-state index in [-0.39, 0.29) is 18.0 Å². The van der Waals surface area contributed by atoms with Gasteiger partial charge in [0.15, 0.2) is 0 Å². The Hall–Kier alpha value is -2.97. The molecule has 1 saturated heterocycles. The van der Waals surface area contributed by atoms with E-state index in [0.29, 0.717) is 23.1 Å². The second-order valence-electron chi connectivity index (χ2n) is 10.9. The van der Waals surface area contributed by atoms with Crippen molar-refractivity contribution in [2.45, 2.75) is 70.9 Å². The summed E-state index contributed by atoms with van der Waals surface area (Å²) in [4.78, 5) is 31.4. The summed E-state index contributed by atoms with van der Waals surface area (Å²) in [5.41, 5.74) is 5.13. The van der Waals surface area contributed by atoms with Crippen LogP contribution in [0.1, 0.15) is 83.2 Å². The van der Waals surface area contributed by atoms with E-state index in [1.165, 1.54) is 18.4 Å². The molecule has 1 saturated carbocycles. The van der Waals surface area contributed by atoms with Crippen LogP contribution < -0.4 is 16.2 Å². The minimum absolute atomic E-state index is 0.143. The van der Waals surface area contributed by atoms with Crippen molar-refractivity contribution in [3.8, 4) is 0 Å². The maximum Gasteiger partial charge on any atom is 0.253 e. The van der Waals surface area contributed by atoms with Gasteiger partial charge in [0, 0.05) is 36.3 Å². The molecule has 8 nitrogen and oxygen atoms in total. The smallest absolute Gasteiger partial charge is 0.253 e. The van der Waals surface area contributed by atoms with Crippen molar-refractivity contribution < 1.29 is 4.79 Å². The molecule has 1 aliphatic carbocycles. The molecule has 3 aromatic rings. The van der Waals surface area contributed by atoms with E-state index < -0.39 is 0 Å². The number of likely N-dealkylation sites (tertiary alicyclic amines) is 1. The molecule has 3 heterocycles. The normalized spacial score (nSPS) is 17.6. The van der Waals surface area contributed by atoms with E-state index in [4.69, 9.17) is 5.10 Å². The first-order valence-electron chi connectivity index (χ1n) is 13.8. The highest BCUT2D eigenvalue weighted by Gasteiger charge is 2.26. The fourth-order valence-electron chi connectivity index (χ4n) is 6.16. The molecule has 2 aromatic heterocycles. The number of H-pyrrole nitrogens is 1. The first-order valence-corrected chi connectivity index (χ1v) is 13.8. The Kier molecular flexibility index (Phi) is 7.76. The van der Waals surface area contributed by atoms with E-state index in [9.17, 15) is 9.59 Å². The fraction of sp³-hybridized carbons (Fsp3) is 0.552. The lowest BCUT2D eigenvalue weighted by Crippen LogP contribution is -2.37. The van der Waals surface area contributed by atoms with Crippen LogP contribution in [0.15, 0.2) is 29.2 Å². The first kappa shape index (κ1) is 25.7. The Morgan fingerprint density at radius 2 is 1.86 bits per heavy atom. The Morgan fingerprint density at radius 1 is 1.11 bits per heavy atom. The Bertz CT molecular complexity index is 1310. The van der Waals surface area contributed by atoms with Gasteiger partial charge in [-0.2, -0.15) is 5.10 Å². The number of fused-ring (bicyclic) bond motifs is 1. The molecule has 0 bridgehead atoms. The maximum absolute atomic E-state index is 13.6. The van der Waals surface area contributed by atoms with Gasteiger partial charge in [-0.25, -0.2) is 0 Å². The third-order valence-electron chi connectivity index (χ3n) is 8.31. The van der Waals surface area contributed by atoms with Crippen LogP contribution in [0.2, 0.25) is 0 Å². The standard InChI is InChI=1S/C29H40N6O2/c1-19-14-20(2)33-29(37)25(19)17-31-28(36)24-15-22(21-8-11-34(12-9-21)13-10-30-3)16-27-26(24)18-32-35(27)23-6-4-5-7-23/h14-16,18,21,23,30H,4-13,17H2,1-3H3,(H,31,36)(H,33,37). The molecule has 1 aromatic carbocycles. The Balaban J connectivity index is 1.44. The number of likely N-dealkylation sites (N-methyl/N-ethyl adjacent to an activating group) is 1. The SMILES string of the molecule is CNCCN1CCC(c2cc(C(=O)NCc3c(C)cc(C)[nH]c3=O)c3cnn(C4CCCC4)c3c2)CC1. The van der Waals surface area contributed by atoms with Gasteiger partial charge >= 0.3 is 0 Å². The van der Waals surface area contributed by atoms with Crippen LogP contribution in [-0.2, 0) is 6.54 Å². The molecule has 5 rings (SSSR count). The van der Waals surface area contributed by atoms with Gasteiger partial charge in [-0.1, -0.05) is 12.8 Å². The highest BCUT2D eigenvalue weighted by atomic mass is 16.1. The molecular weight excluding hydrogens is 464 g/mol. The number of aryl methyl sites for hydroxylation is 2. The molecule has 2 aliphatic rings. The summed E-state index contributed by atoms with van der Waals surface area (Å²) in [7, 11) is 2.00. The molecule has 0 radical (unpaired) electrons. The van der Waals surface area contributed by atoms with Crippen LogP contribution in [-0.4, -0.2) is 58.8 Å². The zero-order chi connectivity index (χ0) is 25.9. The third-order valence-corrected chi connectivity index (χ3v) is 8.31. The number of aromatic nitrogens is 3. The molecule has 0 spiro atoms. The van der Waals surface area contributed by atoms with E-state index in [0.717, 1.165) is 74.0 Å². The lowest BCUT2D eigenvalue weighted by molar-refractivity contribution is 0.0952. The first-order chi connectivity index (χ1) is 17.9. The molecule has 1 amide bonds. The van der Waals surface area contributed by atoms with E-state index >= 15 is 0 Å². The van der Waals surface area contributed by atoms with Crippen LogP contribution in [0, 0.1) is 13.8 Å². The topological polar surface area (TPSA) is 95.1 Å². The van der Waals surface area contributed by atoms with Crippen molar-refractivity contribution in [2.75, 3.05) is 33.2 Å². The predicted molar refractivity (Wildman–Crippen MR) is 147 cm³/mol. The molecule has 0 atom stereocenters. The molecule has 1 aliphatic heterocycles. The summed E-state index contributed by atoms with van der Waals surface area (Å²) in [6.07, 6.45) is 8.78. The highest BCUT2D eigenvalue weighted by molar-refractivity contribution is 6.06. The monoisotopic (exact) mass is 504 g/mol. The second-order valence-corrected chi connectivity index (χ2v) is 10.9. The van der Waals surface area contributed by atoms with Crippen molar-refractivity contribution in [1.29, 1.82) is 0 Å². The Morgan fingerprint density at radius 3 is 2.57 bits per heavy atom. The van der Waals surface area contributed by atoms with Gasteiger partial charge in [-0.05, 0) is 94.9 Å². The number of hydrogen-bond acceptors (Lipinski definition) is 5. The molecule has 198 valence electrons. The van der Waals surface area contributed by atoms with E-state index in [2.05, 4.69) is 37.3 Å². The number of carbonyl (C=O) groups is 1. The molecule has 8 heteroatoms. The summed E-state index contributed by atoms with van der Waals surface area (Å²) in [5.74, 6) is 0.277. The number of carbonyl (C=O) groups excluding carboxylic acids is 1. The van der Waals surface area contributed by atoms with Crippen molar-refractivity contribution in [3.63, 3.8) is 0 Å². The van der Waals surface area contributed by atoms with E-state index in [1.807, 2.05) is 33.2 Å². The van der Waals surface area contributed by atoms with Crippen LogP contribution in [0.5, 0.6) is 0 Å². The van der Waals surface area contributed by atoms with E-state index in [1.54, 1.807) is 0 Å². The van der Waals surface area contributed by atoms with Crippen molar-refractivity contribution in [3.05, 3.63) is 62.7 Å².